The molecule has 0 unspecified atom stereocenters. The average molecular weight is 268 g/mol. The molecule has 0 fully saturated rings. The molecule has 3 nitrogen and oxygen atoms in total. The lowest BCUT2D eigenvalue weighted by molar-refractivity contribution is 0.567. The van der Waals surface area contributed by atoms with Crippen LogP contribution in [-0.4, -0.2) is 18.5 Å². The van der Waals surface area contributed by atoms with Crippen molar-refractivity contribution >= 4 is 7.14 Å². The molecule has 0 aliphatic carbocycles. The van der Waals surface area contributed by atoms with E-state index in [2.05, 4.69) is 19.1 Å². The Labute approximate surface area is 112 Å². The normalized spacial score (nSPS) is 10.8. The maximum Gasteiger partial charge on any atom is 0.0897 e. The van der Waals surface area contributed by atoms with Gasteiger partial charge in [0.05, 0.1) is 19.3 Å². The molecule has 0 N–H and O–H groups in total. The summed E-state index contributed by atoms with van der Waals surface area (Å²) >= 11 is 0. The highest BCUT2D eigenvalue weighted by Crippen LogP contribution is 2.47. The van der Waals surface area contributed by atoms with Crippen molar-refractivity contribution in [1.29, 1.82) is 10.5 Å². The maximum atomic E-state index is 12.5. The van der Waals surface area contributed by atoms with Gasteiger partial charge in [-0.2, -0.15) is 10.5 Å². The summed E-state index contributed by atoms with van der Waals surface area (Å²) in [5.41, 5.74) is 0. The molecule has 0 spiro atoms. The summed E-state index contributed by atoms with van der Waals surface area (Å²) < 4.78 is 12.5. The summed E-state index contributed by atoms with van der Waals surface area (Å²) in [4.78, 5) is 0. The van der Waals surface area contributed by atoms with Crippen molar-refractivity contribution in [2.24, 2.45) is 0 Å². The van der Waals surface area contributed by atoms with Gasteiger partial charge < -0.3 is 4.57 Å². The number of rotatable bonds is 11. The van der Waals surface area contributed by atoms with Crippen LogP contribution in [0.3, 0.4) is 0 Å². The van der Waals surface area contributed by atoms with Crippen molar-refractivity contribution in [2.75, 3.05) is 18.5 Å². The highest BCUT2D eigenvalue weighted by Gasteiger charge is 2.20. The SMILES string of the molecule is CCCCCCCCP(=O)(CCC#N)CCC#N. The molecule has 0 atom stereocenters. The van der Waals surface area contributed by atoms with E-state index in [1.54, 1.807) is 0 Å². The van der Waals surface area contributed by atoms with Gasteiger partial charge >= 0.3 is 0 Å². The van der Waals surface area contributed by atoms with E-state index in [1.165, 1.54) is 25.7 Å². The van der Waals surface area contributed by atoms with Crippen LogP contribution < -0.4 is 0 Å². The Morgan fingerprint density at radius 1 is 0.833 bits per heavy atom. The first kappa shape index (κ1) is 17.2. The van der Waals surface area contributed by atoms with Crippen LogP contribution >= 0.6 is 7.14 Å². The Morgan fingerprint density at radius 2 is 1.33 bits per heavy atom. The van der Waals surface area contributed by atoms with Gasteiger partial charge in [0.2, 0.25) is 0 Å². The van der Waals surface area contributed by atoms with E-state index in [-0.39, 0.29) is 0 Å². The summed E-state index contributed by atoms with van der Waals surface area (Å²) in [6, 6.07) is 4.13. The second kappa shape index (κ2) is 11.3. The molecule has 102 valence electrons. The lowest BCUT2D eigenvalue weighted by Gasteiger charge is -2.15. The summed E-state index contributed by atoms with van der Waals surface area (Å²) in [5.74, 6) is 0. The number of hydrogen-bond donors (Lipinski definition) is 0. The fraction of sp³-hybridized carbons (Fsp3) is 0.857. The maximum absolute atomic E-state index is 12.5. The number of unbranched alkanes of at least 4 members (excludes halogenated alkanes) is 5. The molecule has 4 heteroatoms. The molecule has 0 heterocycles. The molecule has 0 aliphatic rings. The lowest BCUT2D eigenvalue weighted by Crippen LogP contribution is -2.00. The highest BCUT2D eigenvalue weighted by molar-refractivity contribution is 7.63. The summed E-state index contributed by atoms with van der Waals surface area (Å²) in [7, 11) is -2.25. The van der Waals surface area contributed by atoms with Crippen LogP contribution in [0.1, 0.15) is 58.3 Å². The summed E-state index contributed by atoms with van der Waals surface area (Å²) in [5, 5.41) is 17.2. The molecule has 0 saturated heterocycles. The van der Waals surface area contributed by atoms with Gasteiger partial charge in [-0.3, -0.25) is 0 Å². The number of hydrogen-bond acceptors (Lipinski definition) is 3. The van der Waals surface area contributed by atoms with E-state index >= 15 is 0 Å². The average Bonchev–Trinajstić information content (AvgIpc) is 2.38. The standard InChI is InChI=1S/C14H25N2OP/c1-2-3-4-5-6-7-12-18(17,13-8-10-15)14-9-11-16/h2-9,12-14H2,1H3. The van der Waals surface area contributed by atoms with Gasteiger partial charge in [-0.25, -0.2) is 0 Å². The van der Waals surface area contributed by atoms with Crippen molar-refractivity contribution < 1.29 is 4.57 Å². The second-order valence-corrected chi connectivity index (χ2v) is 8.27. The third kappa shape index (κ3) is 9.26. The van der Waals surface area contributed by atoms with Gasteiger partial charge in [-0.15, -0.1) is 0 Å². The Hall–Kier alpha value is -0.790. The number of nitriles is 2. The van der Waals surface area contributed by atoms with Crippen LogP contribution in [0.5, 0.6) is 0 Å². The van der Waals surface area contributed by atoms with Crippen molar-refractivity contribution in [3.05, 3.63) is 0 Å². The van der Waals surface area contributed by atoms with Gasteiger partial charge in [0.15, 0.2) is 0 Å². The van der Waals surface area contributed by atoms with E-state index in [0.717, 1.165) is 19.0 Å². The van der Waals surface area contributed by atoms with E-state index in [0.29, 0.717) is 25.2 Å². The molecule has 0 aromatic rings. The highest BCUT2D eigenvalue weighted by atomic mass is 31.2. The molecule has 0 aliphatic heterocycles. The zero-order valence-corrected chi connectivity index (χ0v) is 12.4. The Bertz CT molecular complexity index is 306. The van der Waals surface area contributed by atoms with Crippen molar-refractivity contribution in [3.63, 3.8) is 0 Å². The van der Waals surface area contributed by atoms with Crippen molar-refractivity contribution in [3.8, 4) is 12.1 Å². The molecule has 0 radical (unpaired) electrons. The Morgan fingerprint density at radius 3 is 1.83 bits per heavy atom. The van der Waals surface area contributed by atoms with E-state index in [1.807, 2.05) is 0 Å². The topological polar surface area (TPSA) is 64.7 Å². The third-order valence-corrected chi connectivity index (χ3v) is 6.39. The van der Waals surface area contributed by atoms with E-state index < -0.39 is 7.14 Å². The Kier molecular flexibility index (Phi) is 10.8. The first-order valence-corrected chi connectivity index (χ1v) is 9.26. The molecule has 0 bridgehead atoms. The van der Waals surface area contributed by atoms with Gasteiger partial charge in [0.1, 0.15) is 0 Å². The lowest BCUT2D eigenvalue weighted by atomic mass is 10.1. The molecule has 18 heavy (non-hydrogen) atoms. The first-order valence-electron chi connectivity index (χ1n) is 6.99. The van der Waals surface area contributed by atoms with Crippen LogP contribution in [0.15, 0.2) is 0 Å². The molecular formula is C14H25N2OP. The van der Waals surface area contributed by atoms with Gasteiger partial charge in [0.25, 0.3) is 0 Å². The summed E-state index contributed by atoms with van der Waals surface area (Å²) in [6.07, 6.45) is 9.55. The van der Waals surface area contributed by atoms with Gasteiger partial charge in [-0.05, 0) is 6.42 Å². The minimum atomic E-state index is -2.25. The monoisotopic (exact) mass is 268 g/mol. The molecule has 0 aromatic carbocycles. The smallest absolute Gasteiger partial charge is 0.0897 e. The predicted molar refractivity (Wildman–Crippen MR) is 76.0 cm³/mol. The zero-order chi connectivity index (χ0) is 13.7. The fourth-order valence-electron chi connectivity index (χ4n) is 2.02. The first-order chi connectivity index (χ1) is 8.68. The summed E-state index contributed by atoms with van der Waals surface area (Å²) in [6.45, 7) is 2.19. The molecule has 0 aromatic heterocycles. The molecule has 0 saturated carbocycles. The van der Waals surface area contributed by atoms with Crippen molar-refractivity contribution in [1.82, 2.24) is 0 Å². The van der Waals surface area contributed by atoms with E-state index in [9.17, 15) is 4.57 Å². The largest absolute Gasteiger partial charge is 0.323 e. The molecular weight excluding hydrogens is 243 g/mol. The zero-order valence-electron chi connectivity index (χ0n) is 11.5. The Balaban J connectivity index is 3.90. The second-order valence-electron chi connectivity index (χ2n) is 4.81. The van der Waals surface area contributed by atoms with E-state index in [4.69, 9.17) is 10.5 Å². The third-order valence-electron chi connectivity index (χ3n) is 3.18. The van der Waals surface area contributed by atoms with Crippen LogP contribution in [0.25, 0.3) is 0 Å². The quantitative estimate of drug-likeness (QED) is 0.408. The minimum absolute atomic E-state index is 0.360. The number of nitrogens with zero attached hydrogens (tertiary/aromatic N) is 2. The van der Waals surface area contributed by atoms with Crippen LogP contribution in [0.4, 0.5) is 0 Å². The minimum Gasteiger partial charge on any atom is -0.323 e. The van der Waals surface area contributed by atoms with Gasteiger partial charge in [0, 0.05) is 31.3 Å². The van der Waals surface area contributed by atoms with Crippen LogP contribution in [0.2, 0.25) is 0 Å². The molecule has 0 amide bonds. The van der Waals surface area contributed by atoms with Crippen molar-refractivity contribution in [2.45, 2.75) is 58.3 Å². The molecule has 0 rings (SSSR count). The predicted octanol–water partition coefficient (Wildman–Crippen LogP) is 4.54. The fourth-order valence-corrected chi connectivity index (χ4v) is 4.51. The van der Waals surface area contributed by atoms with Crippen LogP contribution in [-0.2, 0) is 4.57 Å². The van der Waals surface area contributed by atoms with Gasteiger partial charge in [-0.1, -0.05) is 39.0 Å². The van der Waals surface area contributed by atoms with Crippen LogP contribution in [0, 0.1) is 22.7 Å².